The highest BCUT2D eigenvalue weighted by atomic mass is 32.2. The van der Waals surface area contributed by atoms with Crippen LogP contribution in [-0.4, -0.2) is 49.8 Å². The second kappa shape index (κ2) is 8.77. The molecular formula is C22H23F3N4O3S. The van der Waals surface area contributed by atoms with Crippen molar-refractivity contribution in [2.24, 2.45) is 17.8 Å². The third-order valence-electron chi connectivity index (χ3n) is 6.12. The number of amides is 1. The summed E-state index contributed by atoms with van der Waals surface area (Å²) in [6.07, 6.45) is 5.01. The summed E-state index contributed by atoms with van der Waals surface area (Å²) in [6, 6.07) is 2.81. The second-order valence-electron chi connectivity index (χ2n) is 8.48. The fourth-order valence-electron chi connectivity index (χ4n) is 4.50. The molecule has 1 saturated heterocycles. The van der Waals surface area contributed by atoms with Crippen molar-refractivity contribution in [3.8, 4) is 0 Å². The average molecular weight is 481 g/mol. The fraction of sp³-hybridized carbons (Fsp3) is 0.409. The van der Waals surface area contributed by atoms with Crippen molar-refractivity contribution in [3.05, 3.63) is 65.0 Å². The Balaban J connectivity index is 1.53. The van der Waals surface area contributed by atoms with Gasteiger partial charge in [-0.2, -0.15) is 0 Å². The number of piperidine rings is 1. The third kappa shape index (κ3) is 4.73. The van der Waals surface area contributed by atoms with E-state index >= 15 is 0 Å². The van der Waals surface area contributed by atoms with Crippen LogP contribution in [0.3, 0.4) is 0 Å². The summed E-state index contributed by atoms with van der Waals surface area (Å²) >= 11 is 0. The molecule has 33 heavy (non-hydrogen) atoms. The van der Waals surface area contributed by atoms with E-state index in [2.05, 4.69) is 15.3 Å². The largest absolute Gasteiger partial charge is 0.348 e. The molecule has 0 bridgehead atoms. The molecule has 1 aliphatic carbocycles. The summed E-state index contributed by atoms with van der Waals surface area (Å²) in [5, 5.41) is 3.60. The second-order valence-corrected chi connectivity index (χ2v) is 10.4. The zero-order valence-electron chi connectivity index (χ0n) is 18.0. The molecule has 1 amide bonds. The number of fused-ring (bicyclic) bond motifs is 1. The van der Waals surface area contributed by atoms with Gasteiger partial charge in [-0.05, 0) is 30.7 Å². The Hall–Kier alpha value is -2.95. The minimum Gasteiger partial charge on any atom is -0.348 e. The van der Waals surface area contributed by atoms with Crippen LogP contribution in [0.2, 0.25) is 0 Å². The quantitative estimate of drug-likeness (QED) is 0.655. The summed E-state index contributed by atoms with van der Waals surface area (Å²) in [5.74, 6) is -2.45. The van der Waals surface area contributed by atoms with Gasteiger partial charge >= 0.3 is 0 Å². The van der Waals surface area contributed by atoms with E-state index in [1.807, 2.05) is 0 Å². The van der Waals surface area contributed by atoms with Crippen LogP contribution in [0, 0.1) is 29.4 Å². The average Bonchev–Trinajstić information content (AvgIpc) is 3.32. The minimum absolute atomic E-state index is 0.00919. The van der Waals surface area contributed by atoms with Crippen LogP contribution in [0.4, 0.5) is 19.0 Å². The van der Waals surface area contributed by atoms with E-state index in [4.69, 9.17) is 0 Å². The van der Waals surface area contributed by atoms with Crippen molar-refractivity contribution in [2.75, 3.05) is 24.4 Å². The van der Waals surface area contributed by atoms with Gasteiger partial charge in [0, 0.05) is 29.8 Å². The van der Waals surface area contributed by atoms with Gasteiger partial charge in [-0.3, -0.25) is 9.18 Å². The highest BCUT2D eigenvalue weighted by molar-refractivity contribution is 7.93. The molecule has 1 N–H and O–H groups in total. The first kappa shape index (κ1) is 23.2. The van der Waals surface area contributed by atoms with Gasteiger partial charge in [-0.1, -0.05) is 18.2 Å². The number of nitrogens with one attached hydrogen (secondary N) is 1. The Morgan fingerprint density at radius 2 is 2.06 bits per heavy atom. The normalized spacial score (nSPS) is 25.2. The van der Waals surface area contributed by atoms with E-state index in [9.17, 15) is 26.4 Å². The Bertz CT molecular complexity index is 1190. The Labute approximate surface area is 189 Å². The molecule has 5 atom stereocenters. The topological polar surface area (TPSA) is 92.3 Å². The lowest BCUT2D eigenvalue weighted by Crippen LogP contribution is -2.33. The monoisotopic (exact) mass is 480 g/mol. The molecule has 1 aliphatic heterocycles. The van der Waals surface area contributed by atoms with Crippen LogP contribution in [0.25, 0.3) is 0 Å². The van der Waals surface area contributed by atoms with Gasteiger partial charge in [-0.25, -0.2) is 27.2 Å². The molecule has 4 rings (SSSR count). The molecule has 1 saturated carbocycles. The van der Waals surface area contributed by atoms with Gasteiger partial charge < -0.3 is 10.2 Å². The predicted octanol–water partition coefficient (Wildman–Crippen LogP) is 2.82. The van der Waals surface area contributed by atoms with Gasteiger partial charge in [0.15, 0.2) is 21.5 Å². The molecule has 0 unspecified atom stereocenters. The lowest BCUT2D eigenvalue weighted by Gasteiger charge is -2.30. The van der Waals surface area contributed by atoms with Crippen LogP contribution in [-0.2, 0) is 9.84 Å². The van der Waals surface area contributed by atoms with Gasteiger partial charge in [0.2, 0.25) is 0 Å². The van der Waals surface area contributed by atoms with Gasteiger partial charge in [0.05, 0.1) is 25.1 Å². The number of alkyl halides is 1. The van der Waals surface area contributed by atoms with E-state index in [1.165, 1.54) is 30.6 Å². The summed E-state index contributed by atoms with van der Waals surface area (Å²) in [7, 11) is -3.31. The number of halogens is 3. The van der Waals surface area contributed by atoms with Crippen LogP contribution in [0.15, 0.2) is 42.1 Å². The number of anilines is 1. The van der Waals surface area contributed by atoms with E-state index in [0.717, 1.165) is 17.7 Å². The summed E-state index contributed by atoms with van der Waals surface area (Å²) < 4.78 is 64.2. The predicted molar refractivity (Wildman–Crippen MR) is 116 cm³/mol. The number of carbonyl (C=O) groups is 1. The van der Waals surface area contributed by atoms with Crippen LogP contribution >= 0.6 is 0 Å². The maximum Gasteiger partial charge on any atom is 0.271 e. The highest BCUT2D eigenvalue weighted by Crippen LogP contribution is 2.62. The zero-order chi connectivity index (χ0) is 23.9. The van der Waals surface area contributed by atoms with E-state index in [0.29, 0.717) is 12.4 Å². The molecule has 1 aromatic carbocycles. The smallest absolute Gasteiger partial charge is 0.271 e. The Morgan fingerprint density at radius 1 is 1.30 bits per heavy atom. The summed E-state index contributed by atoms with van der Waals surface area (Å²) in [6.45, 7) is 1.51. The molecule has 2 heterocycles. The molecular weight excluding hydrogens is 457 g/mol. The number of hydrogen-bond donors (Lipinski definition) is 1. The standard InChI is InChI=1S/C22H23F3N4O3S/c1-12(6-7-33(2,31)32)28-22(30)17-9-27-18(10-26-17)29-11-15-14(8-23)19(15)21(29)13-4-3-5-16(24)20(13)25/h3-7,9-10,12,14-15,19,21H,8,11H2,1-2H3,(H,28,30)/b7-6+/t12-,14+,15+,19-,21-/m1/s1. The zero-order valence-corrected chi connectivity index (χ0v) is 18.8. The summed E-state index contributed by atoms with van der Waals surface area (Å²) in [5.41, 5.74) is 0.159. The van der Waals surface area contributed by atoms with Crippen molar-refractivity contribution in [1.82, 2.24) is 15.3 Å². The fourth-order valence-corrected chi connectivity index (χ4v) is 5.02. The maximum atomic E-state index is 14.6. The van der Waals surface area contributed by atoms with E-state index in [-0.39, 0.29) is 29.0 Å². The SMILES string of the molecule is C[C@H](/C=C/S(C)(=O)=O)NC(=O)c1cnc(N2C[C@H]3[C@H](CF)[C@H]3[C@H]2c2cccc(F)c2F)cn1. The number of nitrogens with zero attached hydrogens (tertiary/aromatic N) is 3. The lowest BCUT2D eigenvalue weighted by molar-refractivity contribution is 0.0941. The number of hydrogen-bond acceptors (Lipinski definition) is 6. The first-order valence-corrected chi connectivity index (χ1v) is 12.3. The third-order valence-corrected chi connectivity index (χ3v) is 6.77. The van der Waals surface area contributed by atoms with Gasteiger partial charge in [-0.15, -0.1) is 0 Å². The molecule has 0 radical (unpaired) electrons. The number of sulfone groups is 1. The molecule has 2 aliphatic rings. The summed E-state index contributed by atoms with van der Waals surface area (Å²) in [4.78, 5) is 22.6. The number of carbonyl (C=O) groups excluding carboxylic acids is 1. The molecule has 7 nitrogen and oxygen atoms in total. The molecule has 0 spiro atoms. The van der Waals surface area contributed by atoms with Crippen molar-refractivity contribution in [2.45, 2.75) is 19.0 Å². The number of aromatic nitrogens is 2. The van der Waals surface area contributed by atoms with Crippen molar-refractivity contribution >= 4 is 21.6 Å². The Kier molecular flexibility index (Phi) is 6.17. The van der Waals surface area contributed by atoms with Gasteiger partial charge in [0.25, 0.3) is 5.91 Å². The maximum absolute atomic E-state index is 14.6. The number of rotatable bonds is 7. The minimum atomic E-state index is -3.31. The van der Waals surface area contributed by atoms with Crippen LogP contribution in [0.1, 0.15) is 29.0 Å². The molecule has 2 fully saturated rings. The van der Waals surface area contributed by atoms with E-state index in [1.54, 1.807) is 11.8 Å². The van der Waals surface area contributed by atoms with Crippen LogP contribution in [0.5, 0.6) is 0 Å². The Morgan fingerprint density at radius 3 is 2.70 bits per heavy atom. The molecule has 2 aromatic rings. The van der Waals surface area contributed by atoms with Crippen molar-refractivity contribution in [1.29, 1.82) is 0 Å². The van der Waals surface area contributed by atoms with Gasteiger partial charge in [0.1, 0.15) is 11.5 Å². The molecule has 176 valence electrons. The van der Waals surface area contributed by atoms with Crippen molar-refractivity contribution in [3.63, 3.8) is 0 Å². The number of benzene rings is 1. The molecule has 1 aromatic heterocycles. The van der Waals surface area contributed by atoms with Crippen LogP contribution < -0.4 is 10.2 Å². The van der Waals surface area contributed by atoms with E-state index < -0.39 is 46.1 Å². The highest BCUT2D eigenvalue weighted by Gasteiger charge is 2.62. The van der Waals surface area contributed by atoms with Crippen molar-refractivity contribution < 1.29 is 26.4 Å². The first-order chi connectivity index (χ1) is 15.6. The molecule has 11 heteroatoms. The first-order valence-electron chi connectivity index (χ1n) is 10.4. The lowest BCUT2D eigenvalue weighted by atomic mass is 10.00.